The van der Waals surface area contributed by atoms with E-state index in [-0.39, 0.29) is 13.0 Å². The van der Waals surface area contributed by atoms with Crippen molar-refractivity contribution >= 4 is 17.6 Å². The third kappa shape index (κ3) is 3.55. The van der Waals surface area contributed by atoms with Crippen molar-refractivity contribution in [1.82, 2.24) is 9.97 Å². The predicted octanol–water partition coefficient (Wildman–Crippen LogP) is 3.35. The number of benzene rings is 1. The van der Waals surface area contributed by atoms with Crippen LogP contribution in [0.15, 0.2) is 24.4 Å². The van der Waals surface area contributed by atoms with E-state index in [1.165, 1.54) is 18.3 Å². The molecule has 0 saturated heterocycles. The lowest BCUT2D eigenvalue weighted by Gasteiger charge is -2.08. The quantitative estimate of drug-likeness (QED) is 0.813. The highest BCUT2D eigenvalue weighted by Gasteiger charge is 2.14. The van der Waals surface area contributed by atoms with Crippen LogP contribution in [0.4, 0.5) is 4.39 Å². The Morgan fingerprint density at radius 1 is 1.43 bits per heavy atom. The third-order valence-electron chi connectivity index (χ3n) is 2.92. The molecule has 1 heterocycles. The summed E-state index contributed by atoms with van der Waals surface area (Å²) in [4.78, 5) is 20.0. The van der Waals surface area contributed by atoms with E-state index in [2.05, 4.69) is 9.97 Å². The number of aromatic nitrogens is 2. The van der Waals surface area contributed by atoms with E-state index in [4.69, 9.17) is 16.3 Å². The van der Waals surface area contributed by atoms with Crippen LogP contribution in [0.25, 0.3) is 0 Å². The van der Waals surface area contributed by atoms with Crippen molar-refractivity contribution in [2.75, 3.05) is 6.61 Å². The van der Waals surface area contributed by atoms with Crippen molar-refractivity contribution in [1.29, 1.82) is 0 Å². The molecule has 0 amide bonds. The first kappa shape index (κ1) is 15.4. The molecule has 0 spiro atoms. The van der Waals surface area contributed by atoms with Crippen molar-refractivity contribution < 1.29 is 13.9 Å². The number of carbonyl (C=O) groups excluding carboxylic acids is 1. The van der Waals surface area contributed by atoms with Crippen molar-refractivity contribution in [2.45, 2.75) is 20.3 Å². The number of carbonyl (C=O) groups is 1. The zero-order chi connectivity index (χ0) is 15.4. The summed E-state index contributed by atoms with van der Waals surface area (Å²) in [5.74, 6) is -0.476. The number of hydrogen-bond donors (Lipinski definition) is 0. The highest BCUT2D eigenvalue weighted by molar-refractivity contribution is 6.31. The molecule has 0 aliphatic rings. The van der Waals surface area contributed by atoms with Gasteiger partial charge in [0.2, 0.25) is 0 Å². The van der Waals surface area contributed by atoms with Gasteiger partial charge in [-0.3, -0.25) is 0 Å². The smallest absolute Gasteiger partial charge is 0.341 e. The maximum atomic E-state index is 13.7. The van der Waals surface area contributed by atoms with Gasteiger partial charge < -0.3 is 4.74 Å². The van der Waals surface area contributed by atoms with Crippen molar-refractivity contribution in [3.63, 3.8) is 0 Å². The Hall–Kier alpha value is -2.01. The summed E-state index contributed by atoms with van der Waals surface area (Å²) >= 11 is 5.97. The van der Waals surface area contributed by atoms with Gasteiger partial charge in [0.25, 0.3) is 0 Å². The first-order valence-electron chi connectivity index (χ1n) is 6.45. The van der Waals surface area contributed by atoms with E-state index in [1.807, 2.05) is 0 Å². The molecule has 0 fully saturated rings. The highest BCUT2D eigenvalue weighted by Crippen LogP contribution is 2.21. The monoisotopic (exact) mass is 308 g/mol. The van der Waals surface area contributed by atoms with Crippen LogP contribution in [0.2, 0.25) is 5.02 Å². The second-order valence-electron chi connectivity index (χ2n) is 4.38. The molecule has 2 aromatic rings. The Bertz CT molecular complexity index is 656. The SMILES string of the molecule is CCOC(=O)c1cnc(Cc2c(F)cccc2Cl)nc1C. The number of halogens is 2. The van der Waals surface area contributed by atoms with Crippen LogP contribution in [0, 0.1) is 12.7 Å². The molecule has 1 aromatic carbocycles. The van der Waals surface area contributed by atoms with E-state index in [0.29, 0.717) is 27.7 Å². The fourth-order valence-electron chi connectivity index (χ4n) is 1.87. The summed E-state index contributed by atoms with van der Waals surface area (Å²) in [6, 6.07) is 4.48. The van der Waals surface area contributed by atoms with Crippen LogP contribution in [-0.4, -0.2) is 22.5 Å². The average Bonchev–Trinajstić information content (AvgIpc) is 2.43. The lowest BCUT2D eigenvalue weighted by Crippen LogP contribution is -2.11. The average molecular weight is 309 g/mol. The van der Waals surface area contributed by atoms with Gasteiger partial charge in [-0.25, -0.2) is 19.2 Å². The number of esters is 1. The molecular weight excluding hydrogens is 295 g/mol. The van der Waals surface area contributed by atoms with Crippen LogP contribution in [0.5, 0.6) is 0 Å². The molecular formula is C15H14ClFN2O2. The van der Waals surface area contributed by atoms with Gasteiger partial charge in [0.1, 0.15) is 11.6 Å². The molecule has 0 bridgehead atoms. The number of ether oxygens (including phenoxy) is 1. The van der Waals surface area contributed by atoms with E-state index in [9.17, 15) is 9.18 Å². The van der Waals surface area contributed by atoms with Gasteiger partial charge in [-0.15, -0.1) is 0 Å². The van der Waals surface area contributed by atoms with Gasteiger partial charge >= 0.3 is 5.97 Å². The van der Waals surface area contributed by atoms with Gasteiger partial charge in [0.05, 0.1) is 17.9 Å². The molecule has 21 heavy (non-hydrogen) atoms. The third-order valence-corrected chi connectivity index (χ3v) is 3.28. The molecule has 0 saturated carbocycles. The van der Waals surface area contributed by atoms with Gasteiger partial charge in [-0.05, 0) is 26.0 Å². The summed E-state index contributed by atoms with van der Waals surface area (Å²) in [6.45, 7) is 3.69. The maximum absolute atomic E-state index is 13.7. The fourth-order valence-corrected chi connectivity index (χ4v) is 2.10. The van der Waals surface area contributed by atoms with Crippen LogP contribution in [0.1, 0.15) is 34.4 Å². The Balaban J connectivity index is 2.27. The molecule has 2 rings (SSSR count). The van der Waals surface area contributed by atoms with Crippen molar-refractivity contribution in [3.8, 4) is 0 Å². The molecule has 0 N–H and O–H groups in total. The number of nitrogens with zero attached hydrogens (tertiary/aromatic N) is 2. The van der Waals surface area contributed by atoms with E-state index in [1.54, 1.807) is 19.9 Å². The van der Waals surface area contributed by atoms with E-state index in [0.717, 1.165) is 0 Å². The van der Waals surface area contributed by atoms with Crippen molar-refractivity contribution in [2.24, 2.45) is 0 Å². The lowest BCUT2D eigenvalue weighted by atomic mass is 10.1. The predicted molar refractivity (Wildman–Crippen MR) is 76.9 cm³/mol. The van der Waals surface area contributed by atoms with Gasteiger partial charge in [-0.1, -0.05) is 17.7 Å². The summed E-state index contributed by atoms with van der Waals surface area (Å²) < 4.78 is 18.6. The molecule has 110 valence electrons. The lowest BCUT2D eigenvalue weighted by molar-refractivity contribution is 0.0524. The molecule has 1 aromatic heterocycles. The zero-order valence-electron chi connectivity index (χ0n) is 11.7. The minimum atomic E-state index is -0.467. The van der Waals surface area contributed by atoms with Crippen LogP contribution in [-0.2, 0) is 11.2 Å². The number of rotatable bonds is 4. The Labute approximate surface area is 126 Å². The van der Waals surface area contributed by atoms with Gasteiger partial charge in [0.15, 0.2) is 0 Å². The second kappa shape index (κ2) is 6.63. The zero-order valence-corrected chi connectivity index (χ0v) is 12.4. The standard InChI is InChI=1S/C15H14ClFN2O2/c1-3-21-15(20)11-8-18-14(19-9(11)2)7-10-12(16)5-4-6-13(10)17/h4-6,8H,3,7H2,1-2H3. The Kier molecular flexibility index (Phi) is 4.85. The van der Waals surface area contributed by atoms with Crippen molar-refractivity contribution in [3.05, 3.63) is 57.9 Å². The number of aryl methyl sites for hydroxylation is 1. The largest absolute Gasteiger partial charge is 0.462 e. The molecule has 6 heteroatoms. The fraction of sp³-hybridized carbons (Fsp3) is 0.267. The topological polar surface area (TPSA) is 52.1 Å². The molecule has 0 unspecified atom stereocenters. The Morgan fingerprint density at radius 2 is 2.19 bits per heavy atom. The second-order valence-corrected chi connectivity index (χ2v) is 4.79. The summed E-state index contributed by atoms with van der Waals surface area (Å²) in [7, 11) is 0. The molecule has 0 radical (unpaired) electrons. The normalized spacial score (nSPS) is 10.5. The highest BCUT2D eigenvalue weighted by atomic mass is 35.5. The summed E-state index contributed by atoms with van der Waals surface area (Å²) in [5, 5.41) is 0.325. The Morgan fingerprint density at radius 3 is 2.81 bits per heavy atom. The minimum absolute atomic E-state index is 0.162. The molecule has 0 aliphatic heterocycles. The number of hydrogen-bond acceptors (Lipinski definition) is 4. The van der Waals surface area contributed by atoms with Crippen LogP contribution in [0.3, 0.4) is 0 Å². The summed E-state index contributed by atoms with van der Waals surface area (Å²) in [6.07, 6.45) is 1.56. The van der Waals surface area contributed by atoms with Crippen LogP contribution >= 0.6 is 11.6 Å². The summed E-state index contributed by atoms with van der Waals surface area (Å²) in [5.41, 5.74) is 1.13. The minimum Gasteiger partial charge on any atom is -0.462 e. The van der Waals surface area contributed by atoms with Gasteiger partial charge in [0, 0.05) is 23.2 Å². The van der Waals surface area contributed by atoms with E-state index < -0.39 is 11.8 Å². The first-order chi connectivity index (χ1) is 10.0. The van der Waals surface area contributed by atoms with Gasteiger partial charge in [-0.2, -0.15) is 0 Å². The molecule has 4 nitrogen and oxygen atoms in total. The molecule has 0 aliphatic carbocycles. The van der Waals surface area contributed by atoms with E-state index >= 15 is 0 Å². The maximum Gasteiger partial charge on any atom is 0.341 e. The molecule has 0 atom stereocenters. The first-order valence-corrected chi connectivity index (χ1v) is 6.83. The van der Waals surface area contributed by atoms with Crippen LogP contribution < -0.4 is 0 Å².